The van der Waals surface area contributed by atoms with Crippen LogP contribution in [0.1, 0.15) is 24.1 Å². The second-order valence-electron chi connectivity index (χ2n) is 3.81. The van der Waals surface area contributed by atoms with Crippen LogP contribution >= 0.6 is 11.6 Å². The summed E-state index contributed by atoms with van der Waals surface area (Å²) in [5, 5.41) is 3.59. The van der Waals surface area contributed by atoms with E-state index in [1.54, 1.807) is 12.4 Å². The fourth-order valence-electron chi connectivity index (χ4n) is 1.52. The molecular formula is C12H14ClN5. The molecule has 6 heteroatoms. The first-order valence-electron chi connectivity index (χ1n) is 5.73. The van der Waals surface area contributed by atoms with E-state index < -0.39 is 0 Å². The predicted molar refractivity (Wildman–Crippen MR) is 70.5 cm³/mol. The Morgan fingerprint density at radius 1 is 1.22 bits per heavy atom. The summed E-state index contributed by atoms with van der Waals surface area (Å²) in [5.74, 6) is 1.60. The number of nitrogens with one attached hydrogen (secondary N) is 1. The summed E-state index contributed by atoms with van der Waals surface area (Å²) in [7, 11) is 0. The van der Waals surface area contributed by atoms with Crippen LogP contribution in [-0.2, 0) is 13.0 Å². The Kier molecular flexibility index (Phi) is 4.04. The van der Waals surface area contributed by atoms with E-state index in [-0.39, 0.29) is 0 Å². The third-order valence-corrected chi connectivity index (χ3v) is 2.69. The first-order valence-corrected chi connectivity index (χ1v) is 6.10. The second-order valence-corrected chi connectivity index (χ2v) is 4.17. The minimum Gasteiger partial charge on any atom is -0.364 e. The molecule has 18 heavy (non-hydrogen) atoms. The second kappa shape index (κ2) is 5.73. The van der Waals surface area contributed by atoms with E-state index in [0.29, 0.717) is 17.4 Å². The van der Waals surface area contributed by atoms with Crippen LogP contribution in [0, 0.1) is 6.92 Å². The van der Waals surface area contributed by atoms with Crippen LogP contribution in [0.2, 0.25) is 5.15 Å². The highest BCUT2D eigenvalue weighted by Gasteiger charge is 2.04. The number of hydrogen-bond donors (Lipinski definition) is 1. The normalized spacial score (nSPS) is 10.4. The Morgan fingerprint density at radius 2 is 2.00 bits per heavy atom. The monoisotopic (exact) mass is 263 g/mol. The number of aromatic nitrogens is 4. The molecule has 0 saturated carbocycles. The SMILES string of the molecule is CCc1nc(C)cc(NCc2nccnc2Cl)n1. The van der Waals surface area contributed by atoms with Gasteiger partial charge in [0.15, 0.2) is 5.15 Å². The minimum atomic E-state index is 0.409. The summed E-state index contributed by atoms with van der Waals surface area (Å²) >= 11 is 5.93. The minimum absolute atomic E-state index is 0.409. The highest BCUT2D eigenvalue weighted by Crippen LogP contribution is 2.12. The maximum atomic E-state index is 5.93. The van der Waals surface area contributed by atoms with Crippen LogP contribution in [0.15, 0.2) is 18.5 Å². The van der Waals surface area contributed by atoms with Gasteiger partial charge >= 0.3 is 0 Å². The summed E-state index contributed by atoms with van der Waals surface area (Å²) in [4.78, 5) is 16.8. The van der Waals surface area contributed by atoms with Gasteiger partial charge in [-0.3, -0.25) is 4.98 Å². The Balaban J connectivity index is 2.11. The summed E-state index contributed by atoms with van der Waals surface area (Å²) in [5.41, 5.74) is 1.64. The zero-order valence-electron chi connectivity index (χ0n) is 10.3. The molecular weight excluding hydrogens is 250 g/mol. The number of hydrogen-bond acceptors (Lipinski definition) is 5. The standard InChI is InChI=1S/C12H14ClN5/c1-3-10-17-8(2)6-11(18-10)16-7-9-12(13)15-5-4-14-9/h4-6H,3,7H2,1-2H3,(H,16,17,18). The molecule has 0 fully saturated rings. The van der Waals surface area contributed by atoms with Gasteiger partial charge in [-0.1, -0.05) is 18.5 Å². The molecule has 94 valence electrons. The Morgan fingerprint density at radius 3 is 2.72 bits per heavy atom. The first-order chi connectivity index (χ1) is 8.69. The molecule has 2 heterocycles. The third kappa shape index (κ3) is 3.13. The van der Waals surface area contributed by atoms with E-state index in [0.717, 1.165) is 23.8 Å². The van der Waals surface area contributed by atoms with Gasteiger partial charge < -0.3 is 5.32 Å². The van der Waals surface area contributed by atoms with Gasteiger partial charge in [0.05, 0.1) is 12.2 Å². The van der Waals surface area contributed by atoms with Crippen molar-refractivity contribution >= 4 is 17.4 Å². The highest BCUT2D eigenvalue weighted by molar-refractivity contribution is 6.29. The lowest BCUT2D eigenvalue weighted by molar-refractivity contribution is 0.906. The molecule has 1 N–H and O–H groups in total. The average Bonchev–Trinajstić information content (AvgIpc) is 2.37. The maximum Gasteiger partial charge on any atom is 0.152 e. The largest absolute Gasteiger partial charge is 0.364 e. The van der Waals surface area contributed by atoms with Crippen LogP contribution in [-0.4, -0.2) is 19.9 Å². The summed E-state index contributed by atoms with van der Waals surface area (Å²) in [6, 6.07) is 1.89. The zero-order chi connectivity index (χ0) is 13.0. The number of halogens is 1. The van der Waals surface area contributed by atoms with Crippen LogP contribution in [0.25, 0.3) is 0 Å². The van der Waals surface area contributed by atoms with Gasteiger partial charge in [-0.2, -0.15) is 0 Å². The van der Waals surface area contributed by atoms with Crippen molar-refractivity contribution in [1.82, 2.24) is 19.9 Å². The molecule has 0 aliphatic carbocycles. The van der Waals surface area contributed by atoms with Crippen molar-refractivity contribution < 1.29 is 0 Å². The van der Waals surface area contributed by atoms with E-state index in [4.69, 9.17) is 11.6 Å². The molecule has 0 saturated heterocycles. The average molecular weight is 264 g/mol. The predicted octanol–water partition coefficient (Wildman–Crippen LogP) is 2.40. The fourth-order valence-corrected chi connectivity index (χ4v) is 1.69. The van der Waals surface area contributed by atoms with Crippen molar-refractivity contribution in [2.75, 3.05) is 5.32 Å². The van der Waals surface area contributed by atoms with Crippen molar-refractivity contribution in [3.63, 3.8) is 0 Å². The molecule has 0 atom stereocenters. The Labute approximate surface area is 111 Å². The first kappa shape index (κ1) is 12.7. The molecule has 0 amide bonds. The Bertz CT molecular complexity index is 544. The molecule has 2 aromatic heterocycles. The number of anilines is 1. The van der Waals surface area contributed by atoms with E-state index in [1.807, 2.05) is 19.9 Å². The third-order valence-electron chi connectivity index (χ3n) is 2.38. The molecule has 0 aliphatic heterocycles. The van der Waals surface area contributed by atoms with Crippen molar-refractivity contribution in [1.29, 1.82) is 0 Å². The molecule has 0 aliphatic rings. The lowest BCUT2D eigenvalue weighted by atomic mass is 10.3. The highest BCUT2D eigenvalue weighted by atomic mass is 35.5. The van der Waals surface area contributed by atoms with Gasteiger partial charge in [0.2, 0.25) is 0 Å². The van der Waals surface area contributed by atoms with E-state index >= 15 is 0 Å². The molecule has 5 nitrogen and oxygen atoms in total. The fraction of sp³-hybridized carbons (Fsp3) is 0.333. The lowest BCUT2D eigenvalue weighted by Gasteiger charge is -2.07. The zero-order valence-corrected chi connectivity index (χ0v) is 11.1. The van der Waals surface area contributed by atoms with Crippen molar-refractivity contribution in [3.8, 4) is 0 Å². The van der Waals surface area contributed by atoms with Crippen LogP contribution in [0.3, 0.4) is 0 Å². The van der Waals surface area contributed by atoms with Gasteiger partial charge in [0.1, 0.15) is 11.6 Å². The van der Waals surface area contributed by atoms with Gasteiger partial charge in [0.25, 0.3) is 0 Å². The summed E-state index contributed by atoms with van der Waals surface area (Å²) in [6.07, 6.45) is 3.99. The van der Waals surface area contributed by atoms with Crippen LogP contribution in [0.5, 0.6) is 0 Å². The molecule has 0 spiro atoms. The van der Waals surface area contributed by atoms with Crippen molar-refractivity contribution in [3.05, 3.63) is 40.8 Å². The van der Waals surface area contributed by atoms with Crippen molar-refractivity contribution in [2.24, 2.45) is 0 Å². The van der Waals surface area contributed by atoms with Gasteiger partial charge in [-0.05, 0) is 6.92 Å². The van der Waals surface area contributed by atoms with Crippen LogP contribution in [0.4, 0.5) is 5.82 Å². The lowest BCUT2D eigenvalue weighted by Crippen LogP contribution is -2.07. The Hall–Kier alpha value is -1.75. The molecule has 0 radical (unpaired) electrons. The number of aryl methyl sites for hydroxylation is 2. The molecule has 0 bridgehead atoms. The summed E-state index contributed by atoms with van der Waals surface area (Å²) in [6.45, 7) is 4.46. The molecule has 2 rings (SSSR count). The number of nitrogens with zero attached hydrogens (tertiary/aromatic N) is 4. The molecule has 0 unspecified atom stereocenters. The smallest absolute Gasteiger partial charge is 0.152 e. The topological polar surface area (TPSA) is 63.6 Å². The van der Waals surface area contributed by atoms with Crippen molar-refractivity contribution in [2.45, 2.75) is 26.8 Å². The van der Waals surface area contributed by atoms with Gasteiger partial charge in [-0.25, -0.2) is 15.0 Å². The van der Waals surface area contributed by atoms with E-state index in [2.05, 4.69) is 25.3 Å². The number of rotatable bonds is 4. The molecule has 2 aromatic rings. The van der Waals surface area contributed by atoms with Gasteiger partial charge in [-0.15, -0.1) is 0 Å². The van der Waals surface area contributed by atoms with Crippen LogP contribution < -0.4 is 5.32 Å². The van der Waals surface area contributed by atoms with E-state index in [9.17, 15) is 0 Å². The summed E-state index contributed by atoms with van der Waals surface area (Å²) < 4.78 is 0. The molecule has 0 aromatic carbocycles. The quantitative estimate of drug-likeness (QED) is 0.918. The van der Waals surface area contributed by atoms with E-state index in [1.165, 1.54) is 0 Å². The maximum absolute atomic E-state index is 5.93. The van der Waals surface area contributed by atoms with Gasteiger partial charge in [0, 0.05) is 30.6 Å².